The SMILES string of the molecule is Clc1nc(NCc2cccs2)c2cc(C3CCOCC3)c(Br)n2n1. The van der Waals surface area contributed by atoms with Crippen LogP contribution in [0.25, 0.3) is 5.52 Å². The Bertz CT molecular complexity index is 846. The number of nitrogens with zero attached hydrogens (tertiary/aromatic N) is 3. The molecule has 8 heteroatoms. The van der Waals surface area contributed by atoms with Gasteiger partial charge in [0.15, 0.2) is 5.82 Å². The third-order valence-corrected chi connectivity index (χ3v) is 6.08. The predicted octanol–water partition coefficient (Wildman–Crippen LogP) is 4.71. The second kappa shape index (κ2) is 7.00. The molecule has 126 valence electrons. The quantitative estimate of drug-likeness (QED) is 0.655. The Morgan fingerprint density at radius 2 is 2.25 bits per heavy atom. The van der Waals surface area contributed by atoms with E-state index in [1.807, 2.05) is 10.6 Å². The maximum absolute atomic E-state index is 6.13. The van der Waals surface area contributed by atoms with Gasteiger partial charge in [-0.15, -0.1) is 16.4 Å². The van der Waals surface area contributed by atoms with Crippen molar-refractivity contribution in [2.45, 2.75) is 25.3 Å². The van der Waals surface area contributed by atoms with Gasteiger partial charge in [-0.2, -0.15) is 4.98 Å². The maximum atomic E-state index is 6.13. The summed E-state index contributed by atoms with van der Waals surface area (Å²) in [5, 5.41) is 10.0. The number of nitrogens with one attached hydrogen (secondary N) is 1. The molecule has 0 radical (unpaired) electrons. The molecule has 4 heterocycles. The van der Waals surface area contributed by atoms with Gasteiger partial charge in [-0.05, 0) is 69.4 Å². The number of halogens is 2. The van der Waals surface area contributed by atoms with Crippen LogP contribution in [0, 0.1) is 0 Å². The third-order valence-electron chi connectivity index (χ3n) is 4.25. The van der Waals surface area contributed by atoms with Crippen LogP contribution in [0.4, 0.5) is 5.82 Å². The Kier molecular flexibility index (Phi) is 4.76. The molecule has 0 bridgehead atoms. The number of rotatable bonds is 4. The van der Waals surface area contributed by atoms with Gasteiger partial charge >= 0.3 is 0 Å². The molecule has 0 amide bonds. The molecule has 0 aromatic carbocycles. The van der Waals surface area contributed by atoms with Crippen molar-refractivity contribution in [3.8, 4) is 0 Å². The summed E-state index contributed by atoms with van der Waals surface area (Å²) in [6.45, 7) is 2.33. The summed E-state index contributed by atoms with van der Waals surface area (Å²) < 4.78 is 8.26. The largest absolute Gasteiger partial charge is 0.381 e. The van der Waals surface area contributed by atoms with Crippen LogP contribution in [0.3, 0.4) is 0 Å². The standard InChI is InChI=1S/C16H16BrClN4OS/c17-14-12(10-3-5-23-6-4-10)8-13-15(20-16(18)21-22(13)14)19-9-11-2-1-7-24-11/h1-2,7-8,10H,3-6,9H2,(H,19,20,21). The molecule has 24 heavy (non-hydrogen) atoms. The van der Waals surface area contributed by atoms with Gasteiger partial charge in [0.05, 0.1) is 6.54 Å². The normalized spacial score (nSPS) is 15.9. The van der Waals surface area contributed by atoms with Crippen molar-refractivity contribution in [1.82, 2.24) is 14.6 Å². The van der Waals surface area contributed by atoms with Crippen molar-refractivity contribution in [2.24, 2.45) is 0 Å². The molecule has 0 saturated carbocycles. The molecule has 1 N–H and O–H groups in total. The predicted molar refractivity (Wildman–Crippen MR) is 100 cm³/mol. The van der Waals surface area contributed by atoms with E-state index in [0.29, 0.717) is 5.92 Å². The van der Waals surface area contributed by atoms with Crippen molar-refractivity contribution >= 4 is 50.2 Å². The van der Waals surface area contributed by atoms with Crippen molar-refractivity contribution in [3.05, 3.63) is 43.9 Å². The van der Waals surface area contributed by atoms with Gasteiger partial charge in [0.2, 0.25) is 5.28 Å². The zero-order valence-corrected chi connectivity index (χ0v) is 16.0. The van der Waals surface area contributed by atoms with Crippen molar-refractivity contribution in [3.63, 3.8) is 0 Å². The monoisotopic (exact) mass is 426 g/mol. The highest BCUT2D eigenvalue weighted by molar-refractivity contribution is 9.10. The van der Waals surface area contributed by atoms with Gasteiger partial charge in [0.25, 0.3) is 0 Å². The number of thiophene rings is 1. The summed E-state index contributed by atoms with van der Waals surface area (Å²) in [6.07, 6.45) is 2.04. The van der Waals surface area contributed by atoms with Crippen LogP contribution in [0.1, 0.15) is 29.2 Å². The zero-order valence-electron chi connectivity index (χ0n) is 12.8. The van der Waals surface area contributed by atoms with Crippen molar-refractivity contribution in [2.75, 3.05) is 18.5 Å². The minimum absolute atomic E-state index is 0.228. The lowest BCUT2D eigenvalue weighted by Gasteiger charge is -2.21. The first kappa shape index (κ1) is 16.3. The van der Waals surface area contributed by atoms with E-state index in [0.717, 1.165) is 48.5 Å². The average Bonchev–Trinajstić information content (AvgIpc) is 3.22. The van der Waals surface area contributed by atoms with Crippen molar-refractivity contribution < 1.29 is 4.74 Å². The van der Waals surface area contributed by atoms with Gasteiger partial charge in [-0.1, -0.05) is 6.07 Å². The lowest BCUT2D eigenvalue weighted by molar-refractivity contribution is 0.0852. The van der Waals surface area contributed by atoms with Gasteiger partial charge in [0.1, 0.15) is 10.1 Å². The first-order valence-electron chi connectivity index (χ1n) is 7.81. The van der Waals surface area contributed by atoms with E-state index in [-0.39, 0.29) is 5.28 Å². The molecule has 0 spiro atoms. The Balaban J connectivity index is 1.70. The highest BCUT2D eigenvalue weighted by Gasteiger charge is 2.23. The number of ether oxygens (including phenoxy) is 1. The highest BCUT2D eigenvalue weighted by atomic mass is 79.9. The second-order valence-corrected chi connectivity index (χ2v) is 7.86. The highest BCUT2D eigenvalue weighted by Crippen LogP contribution is 2.36. The Hall–Kier alpha value is -1.15. The van der Waals surface area contributed by atoms with Crippen LogP contribution in [0.2, 0.25) is 5.28 Å². The van der Waals surface area contributed by atoms with Crippen molar-refractivity contribution in [1.29, 1.82) is 0 Å². The first-order valence-corrected chi connectivity index (χ1v) is 9.86. The number of aromatic nitrogens is 3. The number of fused-ring (bicyclic) bond motifs is 1. The van der Waals surface area contributed by atoms with Crippen LogP contribution in [-0.2, 0) is 11.3 Å². The lowest BCUT2D eigenvalue weighted by atomic mass is 9.94. The fourth-order valence-electron chi connectivity index (χ4n) is 3.03. The van der Waals surface area contributed by atoms with Gasteiger partial charge < -0.3 is 10.1 Å². The van der Waals surface area contributed by atoms with Gasteiger partial charge in [-0.3, -0.25) is 0 Å². The number of anilines is 1. The van der Waals surface area contributed by atoms with Crippen LogP contribution in [0.15, 0.2) is 28.2 Å². The number of hydrogen-bond donors (Lipinski definition) is 1. The smallest absolute Gasteiger partial charge is 0.243 e. The average molecular weight is 428 g/mol. The van der Waals surface area contributed by atoms with E-state index in [2.05, 4.69) is 48.8 Å². The summed E-state index contributed by atoms with van der Waals surface area (Å²) >= 11 is 11.5. The molecule has 0 unspecified atom stereocenters. The Morgan fingerprint density at radius 1 is 1.42 bits per heavy atom. The Morgan fingerprint density at radius 3 is 3.00 bits per heavy atom. The first-order chi connectivity index (χ1) is 11.7. The molecule has 1 fully saturated rings. The summed E-state index contributed by atoms with van der Waals surface area (Å²) in [5.41, 5.74) is 2.18. The third kappa shape index (κ3) is 3.18. The summed E-state index contributed by atoms with van der Waals surface area (Å²) in [7, 11) is 0. The van der Waals surface area contributed by atoms with Gasteiger partial charge in [0, 0.05) is 18.1 Å². The van der Waals surface area contributed by atoms with E-state index in [1.54, 1.807) is 11.3 Å². The lowest BCUT2D eigenvalue weighted by Crippen LogP contribution is -2.14. The molecule has 0 aliphatic carbocycles. The fraction of sp³-hybridized carbons (Fsp3) is 0.375. The van der Waals surface area contributed by atoms with E-state index in [9.17, 15) is 0 Å². The molecule has 0 atom stereocenters. The van der Waals surface area contributed by atoms with Gasteiger partial charge in [-0.25, -0.2) is 4.52 Å². The van der Waals surface area contributed by atoms with Crippen LogP contribution < -0.4 is 5.32 Å². The van der Waals surface area contributed by atoms with E-state index in [1.165, 1.54) is 10.4 Å². The minimum atomic E-state index is 0.228. The summed E-state index contributed by atoms with van der Waals surface area (Å²) in [6, 6.07) is 6.30. The molecule has 4 rings (SSSR count). The second-order valence-electron chi connectivity index (χ2n) is 5.74. The van der Waals surface area contributed by atoms with Crippen LogP contribution in [-0.4, -0.2) is 27.8 Å². The molecular weight excluding hydrogens is 412 g/mol. The molecule has 3 aromatic heterocycles. The van der Waals surface area contributed by atoms with Crippen LogP contribution in [0.5, 0.6) is 0 Å². The Labute approximate surface area is 157 Å². The molecule has 3 aromatic rings. The molecule has 1 aliphatic heterocycles. The van der Waals surface area contributed by atoms with E-state index in [4.69, 9.17) is 16.3 Å². The topological polar surface area (TPSA) is 51.5 Å². The fourth-order valence-corrected chi connectivity index (χ4v) is 4.54. The molecule has 1 saturated heterocycles. The molecule has 1 aliphatic rings. The minimum Gasteiger partial charge on any atom is -0.381 e. The van der Waals surface area contributed by atoms with E-state index < -0.39 is 0 Å². The molecule has 5 nitrogen and oxygen atoms in total. The summed E-state index contributed by atoms with van der Waals surface area (Å²) in [4.78, 5) is 5.63. The zero-order chi connectivity index (χ0) is 16.5. The van der Waals surface area contributed by atoms with Crippen LogP contribution >= 0.6 is 38.9 Å². The maximum Gasteiger partial charge on any atom is 0.243 e. The molecular formula is C16H16BrClN4OS. The van der Waals surface area contributed by atoms with E-state index >= 15 is 0 Å². The summed E-state index contributed by atoms with van der Waals surface area (Å²) in [5.74, 6) is 1.22. The number of hydrogen-bond acceptors (Lipinski definition) is 5.